The molecule has 8 nitrogen and oxygen atoms in total. The molecule has 1 aliphatic heterocycles. The third kappa shape index (κ3) is 5.98. The zero-order valence-electron chi connectivity index (χ0n) is 19.1. The lowest BCUT2D eigenvalue weighted by Gasteiger charge is -2.28. The van der Waals surface area contributed by atoms with Crippen molar-refractivity contribution in [2.75, 3.05) is 34.9 Å². The molecule has 0 unspecified atom stereocenters. The number of thioether (sulfide) groups is 1. The standard InChI is InChI=1S/C24H30N6O2S/c1-17-6-11-21(18(2)14-17)32-15-22-27-28-24(30(22)25)33-16-23(31)26-19-7-9-20(10-8-19)29-12-4-3-5-13-29/h6-11,14H,3-5,12-13,15-16,25H2,1-2H3,(H,26,31). The van der Waals surface area contributed by atoms with Crippen LogP contribution in [0.5, 0.6) is 5.75 Å². The van der Waals surface area contributed by atoms with Crippen LogP contribution >= 0.6 is 11.8 Å². The van der Waals surface area contributed by atoms with E-state index in [0.717, 1.165) is 30.1 Å². The molecule has 2 heterocycles. The molecular weight excluding hydrogens is 436 g/mol. The van der Waals surface area contributed by atoms with Crippen molar-refractivity contribution in [2.45, 2.75) is 44.9 Å². The van der Waals surface area contributed by atoms with Crippen molar-refractivity contribution in [1.29, 1.82) is 0 Å². The van der Waals surface area contributed by atoms with Gasteiger partial charge in [0.25, 0.3) is 0 Å². The van der Waals surface area contributed by atoms with Gasteiger partial charge >= 0.3 is 0 Å². The van der Waals surface area contributed by atoms with Crippen molar-refractivity contribution >= 4 is 29.0 Å². The minimum Gasteiger partial charge on any atom is -0.485 e. The fourth-order valence-corrected chi connectivity index (χ4v) is 4.52. The van der Waals surface area contributed by atoms with Crippen LogP contribution in [0.25, 0.3) is 0 Å². The lowest BCUT2D eigenvalue weighted by atomic mass is 10.1. The zero-order chi connectivity index (χ0) is 23.2. The molecule has 0 bridgehead atoms. The molecule has 1 saturated heterocycles. The first-order valence-corrected chi connectivity index (χ1v) is 12.2. The van der Waals surface area contributed by atoms with Gasteiger partial charge in [0.15, 0.2) is 5.82 Å². The smallest absolute Gasteiger partial charge is 0.234 e. The van der Waals surface area contributed by atoms with Gasteiger partial charge in [0.05, 0.1) is 5.75 Å². The molecule has 9 heteroatoms. The van der Waals surface area contributed by atoms with Crippen molar-refractivity contribution < 1.29 is 9.53 Å². The normalized spacial score (nSPS) is 13.7. The lowest BCUT2D eigenvalue weighted by molar-refractivity contribution is -0.113. The number of ether oxygens (including phenoxy) is 1. The summed E-state index contributed by atoms with van der Waals surface area (Å²) in [6.45, 7) is 6.43. The Bertz CT molecular complexity index is 1090. The summed E-state index contributed by atoms with van der Waals surface area (Å²) in [6.07, 6.45) is 3.78. The van der Waals surface area contributed by atoms with E-state index in [9.17, 15) is 4.79 Å². The number of aromatic nitrogens is 3. The predicted molar refractivity (Wildman–Crippen MR) is 132 cm³/mol. The van der Waals surface area contributed by atoms with Crippen LogP contribution in [0.2, 0.25) is 0 Å². The van der Waals surface area contributed by atoms with Crippen LogP contribution in [0.15, 0.2) is 47.6 Å². The van der Waals surface area contributed by atoms with Gasteiger partial charge in [-0.25, -0.2) is 4.68 Å². The fraction of sp³-hybridized carbons (Fsp3) is 0.375. The van der Waals surface area contributed by atoms with Gasteiger partial charge in [0.1, 0.15) is 12.4 Å². The van der Waals surface area contributed by atoms with E-state index in [1.807, 2.05) is 38.1 Å². The van der Waals surface area contributed by atoms with Crippen LogP contribution in [0, 0.1) is 13.8 Å². The van der Waals surface area contributed by atoms with Crippen LogP contribution in [-0.4, -0.2) is 39.6 Å². The lowest BCUT2D eigenvalue weighted by Crippen LogP contribution is -2.29. The summed E-state index contributed by atoms with van der Waals surface area (Å²) < 4.78 is 7.20. The van der Waals surface area contributed by atoms with E-state index in [1.165, 1.54) is 47.0 Å². The van der Waals surface area contributed by atoms with Gasteiger partial charge < -0.3 is 20.8 Å². The average Bonchev–Trinajstić information content (AvgIpc) is 3.17. The third-order valence-corrected chi connectivity index (χ3v) is 6.57. The number of nitrogens with two attached hydrogens (primary N) is 1. The maximum Gasteiger partial charge on any atom is 0.234 e. The molecule has 0 aliphatic carbocycles. The number of nitrogens with zero attached hydrogens (tertiary/aromatic N) is 4. The van der Waals surface area contributed by atoms with Crippen LogP contribution in [0.3, 0.4) is 0 Å². The molecule has 4 rings (SSSR count). The first kappa shape index (κ1) is 23.0. The van der Waals surface area contributed by atoms with E-state index >= 15 is 0 Å². The second-order valence-corrected chi connectivity index (χ2v) is 9.20. The maximum absolute atomic E-state index is 12.4. The molecule has 3 N–H and O–H groups in total. The number of nitrogens with one attached hydrogen (secondary N) is 1. The van der Waals surface area contributed by atoms with Gasteiger partial charge in [-0.3, -0.25) is 4.79 Å². The number of aryl methyl sites for hydroxylation is 2. The monoisotopic (exact) mass is 466 g/mol. The molecule has 2 aromatic carbocycles. The van der Waals surface area contributed by atoms with Crippen molar-refractivity contribution in [3.05, 3.63) is 59.4 Å². The highest BCUT2D eigenvalue weighted by Crippen LogP contribution is 2.23. The van der Waals surface area contributed by atoms with Gasteiger partial charge in [0, 0.05) is 24.5 Å². The Kier molecular flexibility index (Phi) is 7.39. The Morgan fingerprint density at radius 2 is 1.85 bits per heavy atom. The van der Waals surface area contributed by atoms with Gasteiger partial charge in [-0.2, -0.15) is 0 Å². The minimum absolute atomic E-state index is 0.123. The fourth-order valence-electron chi connectivity index (χ4n) is 3.84. The summed E-state index contributed by atoms with van der Waals surface area (Å²) in [5.74, 6) is 7.44. The minimum atomic E-state index is -0.123. The largest absolute Gasteiger partial charge is 0.485 e. The summed E-state index contributed by atoms with van der Waals surface area (Å²) in [4.78, 5) is 14.8. The number of hydrogen-bond acceptors (Lipinski definition) is 7. The van der Waals surface area contributed by atoms with E-state index in [-0.39, 0.29) is 18.3 Å². The maximum atomic E-state index is 12.4. The summed E-state index contributed by atoms with van der Waals surface area (Å²) in [6, 6.07) is 14.0. The Hall–Kier alpha value is -3.20. The molecular formula is C24H30N6O2S. The second kappa shape index (κ2) is 10.6. The van der Waals surface area contributed by atoms with Crippen LogP contribution in [0.4, 0.5) is 11.4 Å². The van der Waals surface area contributed by atoms with Crippen molar-refractivity contribution in [2.24, 2.45) is 0 Å². The topological polar surface area (TPSA) is 98.3 Å². The third-order valence-electron chi connectivity index (χ3n) is 5.63. The highest BCUT2D eigenvalue weighted by Gasteiger charge is 2.14. The molecule has 0 atom stereocenters. The predicted octanol–water partition coefficient (Wildman–Crippen LogP) is 3.91. The Labute approximate surface area is 198 Å². The number of piperidine rings is 1. The molecule has 1 aliphatic rings. The number of benzene rings is 2. The van der Waals surface area contributed by atoms with Crippen molar-refractivity contribution in [3.8, 4) is 5.75 Å². The number of amides is 1. The Morgan fingerprint density at radius 3 is 2.58 bits per heavy atom. The average molecular weight is 467 g/mol. The number of hydrogen-bond donors (Lipinski definition) is 2. The van der Waals surface area contributed by atoms with Crippen molar-refractivity contribution in [1.82, 2.24) is 14.9 Å². The molecule has 174 valence electrons. The van der Waals surface area contributed by atoms with E-state index in [0.29, 0.717) is 11.0 Å². The molecule has 0 radical (unpaired) electrons. The number of rotatable bonds is 8. The van der Waals surface area contributed by atoms with Crippen LogP contribution < -0.4 is 20.8 Å². The van der Waals surface area contributed by atoms with E-state index in [4.69, 9.17) is 10.6 Å². The molecule has 1 aromatic heterocycles. The van der Waals surface area contributed by atoms with Gasteiger partial charge in [-0.1, -0.05) is 29.5 Å². The summed E-state index contributed by atoms with van der Waals surface area (Å²) >= 11 is 1.24. The summed E-state index contributed by atoms with van der Waals surface area (Å²) in [7, 11) is 0. The van der Waals surface area contributed by atoms with Gasteiger partial charge in [-0.05, 0) is 69.0 Å². The summed E-state index contributed by atoms with van der Waals surface area (Å²) in [5, 5.41) is 11.6. The van der Waals surface area contributed by atoms with E-state index < -0.39 is 0 Å². The highest BCUT2D eigenvalue weighted by molar-refractivity contribution is 7.99. The van der Waals surface area contributed by atoms with Gasteiger partial charge in [0.2, 0.25) is 11.1 Å². The molecule has 3 aromatic rings. The van der Waals surface area contributed by atoms with E-state index in [2.05, 4.69) is 38.6 Å². The molecule has 0 spiro atoms. The molecule has 1 fully saturated rings. The number of anilines is 2. The van der Waals surface area contributed by atoms with Crippen LogP contribution in [-0.2, 0) is 11.4 Å². The number of carbonyl (C=O) groups excluding carboxylic acids is 1. The van der Waals surface area contributed by atoms with Crippen LogP contribution in [0.1, 0.15) is 36.2 Å². The molecule has 1 amide bonds. The quantitative estimate of drug-likeness (QED) is 0.384. The first-order chi connectivity index (χ1) is 16.0. The number of nitrogen functional groups attached to an aromatic ring is 1. The molecule has 33 heavy (non-hydrogen) atoms. The SMILES string of the molecule is Cc1ccc(OCc2nnc(SCC(=O)Nc3ccc(N4CCCCC4)cc3)n2N)c(C)c1. The Balaban J connectivity index is 1.26. The first-order valence-electron chi connectivity index (χ1n) is 11.2. The second-order valence-electron chi connectivity index (χ2n) is 8.26. The zero-order valence-corrected chi connectivity index (χ0v) is 19.9. The van der Waals surface area contributed by atoms with Gasteiger partial charge in [-0.15, -0.1) is 10.2 Å². The highest BCUT2D eigenvalue weighted by atomic mass is 32.2. The number of carbonyl (C=O) groups is 1. The molecule has 0 saturated carbocycles. The van der Waals surface area contributed by atoms with E-state index in [1.54, 1.807) is 0 Å². The Morgan fingerprint density at radius 1 is 1.09 bits per heavy atom. The van der Waals surface area contributed by atoms with Crippen molar-refractivity contribution in [3.63, 3.8) is 0 Å². The summed E-state index contributed by atoms with van der Waals surface area (Å²) in [5.41, 5.74) is 4.21.